The van der Waals surface area contributed by atoms with Crippen molar-refractivity contribution >= 4 is 11.8 Å². The SMILES string of the molecule is CCOC(=O)[C@@H]1C=C2CC(C)(C)C[C@@]23C(=O)C[C@H]3C1. The predicted molar refractivity (Wildman–Crippen MR) is 71.4 cm³/mol. The summed E-state index contributed by atoms with van der Waals surface area (Å²) in [4.78, 5) is 24.2. The van der Waals surface area contributed by atoms with Crippen LogP contribution in [0.25, 0.3) is 0 Å². The Morgan fingerprint density at radius 3 is 2.84 bits per heavy atom. The van der Waals surface area contributed by atoms with Gasteiger partial charge in [-0.05, 0) is 37.5 Å². The van der Waals surface area contributed by atoms with Crippen LogP contribution in [-0.2, 0) is 14.3 Å². The largest absolute Gasteiger partial charge is 0.466 e. The summed E-state index contributed by atoms with van der Waals surface area (Å²) in [5.41, 5.74) is 1.21. The van der Waals surface area contributed by atoms with E-state index in [0.717, 1.165) is 19.3 Å². The number of Topliss-reactive ketones (excluding diaryl/α,β-unsaturated/α-hetero) is 1. The lowest BCUT2D eigenvalue weighted by Gasteiger charge is -2.50. The van der Waals surface area contributed by atoms with Crippen molar-refractivity contribution in [2.24, 2.45) is 22.7 Å². The topological polar surface area (TPSA) is 43.4 Å². The van der Waals surface area contributed by atoms with Crippen molar-refractivity contribution in [3.63, 3.8) is 0 Å². The van der Waals surface area contributed by atoms with Gasteiger partial charge in [-0.25, -0.2) is 0 Å². The molecular weight excluding hydrogens is 240 g/mol. The maximum Gasteiger partial charge on any atom is 0.312 e. The van der Waals surface area contributed by atoms with Gasteiger partial charge in [0.25, 0.3) is 0 Å². The van der Waals surface area contributed by atoms with Gasteiger partial charge in [-0.2, -0.15) is 0 Å². The Bertz CT molecular complexity index is 474. The van der Waals surface area contributed by atoms with E-state index in [1.165, 1.54) is 5.57 Å². The van der Waals surface area contributed by atoms with E-state index in [1.54, 1.807) is 0 Å². The zero-order chi connectivity index (χ0) is 13.8. The van der Waals surface area contributed by atoms with Gasteiger partial charge >= 0.3 is 5.97 Å². The number of rotatable bonds is 2. The molecule has 1 spiro atoms. The Kier molecular flexibility index (Phi) is 2.67. The van der Waals surface area contributed by atoms with E-state index >= 15 is 0 Å². The van der Waals surface area contributed by atoms with E-state index in [-0.39, 0.29) is 22.7 Å². The van der Waals surface area contributed by atoms with Crippen LogP contribution in [0.15, 0.2) is 11.6 Å². The first kappa shape index (κ1) is 12.9. The molecule has 0 bridgehead atoms. The van der Waals surface area contributed by atoms with E-state index in [0.29, 0.717) is 24.7 Å². The molecule has 0 radical (unpaired) electrons. The van der Waals surface area contributed by atoms with Crippen LogP contribution in [0.5, 0.6) is 0 Å². The molecule has 0 aliphatic heterocycles. The van der Waals surface area contributed by atoms with Gasteiger partial charge in [0, 0.05) is 6.42 Å². The predicted octanol–water partition coefficient (Wildman–Crippen LogP) is 2.89. The van der Waals surface area contributed by atoms with Crippen molar-refractivity contribution in [1.29, 1.82) is 0 Å². The molecule has 3 heteroatoms. The van der Waals surface area contributed by atoms with Gasteiger partial charge in [0.05, 0.1) is 17.9 Å². The standard InChI is InChI=1S/C16H22O3/c1-4-19-14(18)10-5-11-7-13(17)16(11)9-15(2,3)8-12(16)6-10/h6,10-11H,4-5,7-9H2,1-3H3/t10-,11+,16-/m0/s1. The zero-order valence-corrected chi connectivity index (χ0v) is 12.0. The first-order chi connectivity index (χ1) is 8.89. The van der Waals surface area contributed by atoms with Crippen LogP contribution in [0.2, 0.25) is 0 Å². The fourth-order valence-corrected chi connectivity index (χ4v) is 4.49. The number of ether oxygens (including phenoxy) is 1. The van der Waals surface area contributed by atoms with Crippen LogP contribution in [-0.4, -0.2) is 18.4 Å². The molecule has 2 fully saturated rings. The van der Waals surface area contributed by atoms with Gasteiger partial charge in [-0.3, -0.25) is 9.59 Å². The number of allylic oxidation sites excluding steroid dienone is 1. The van der Waals surface area contributed by atoms with E-state index in [1.807, 2.05) is 6.92 Å². The van der Waals surface area contributed by atoms with Crippen LogP contribution in [0.4, 0.5) is 0 Å². The number of ketones is 1. The number of hydrogen-bond donors (Lipinski definition) is 0. The molecule has 3 aliphatic carbocycles. The Hall–Kier alpha value is -1.12. The lowest BCUT2D eigenvalue weighted by molar-refractivity contribution is -0.153. The Labute approximate surface area is 114 Å². The fraction of sp³-hybridized carbons (Fsp3) is 0.750. The number of esters is 1. The van der Waals surface area contributed by atoms with Crippen LogP contribution >= 0.6 is 0 Å². The van der Waals surface area contributed by atoms with E-state index in [9.17, 15) is 9.59 Å². The Morgan fingerprint density at radius 1 is 1.47 bits per heavy atom. The molecule has 19 heavy (non-hydrogen) atoms. The second kappa shape index (κ2) is 3.94. The highest BCUT2D eigenvalue weighted by molar-refractivity contribution is 5.96. The van der Waals surface area contributed by atoms with Crippen molar-refractivity contribution in [3.8, 4) is 0 Å². The molecule has 104 valence electrons. The van der Waals surface area contributed by atoms with Crippen molar-refractivity contribution in [3.05, 3.63) is 11.6 Å². The molecule has 0 N–H and O–H groups in total. The molecule has 3 atom stereocenters. The second-order valence-electron chi connectivity index (χ2n) is 7.10. The third-order valence-electron chi connectivity index (χ3n) is 5.16. The summed E-state index contributed by atoms with van der Waals surface area (Å²) in [5, 5.41) is 0. The number of carbonyl (C=O) groups is 2. The molecule has 0 heterocycles. The first-order valence-corrected chi connectivity index (χ1v) is 7.30. The summed E-state index contributed by atoms with van der Waals surface area (Å²) < 4.78 is 5.15. The number of carbonyl (C=O) groups excluding carboxylic acids is 2. The summed E-state index contributed by atoms with van der Waals surface area (Å²) >= 11 is 0. The summed E-state index contributed by atoms with van der Waals surface area (Å²) in [7, 11) is 0. The molecule has 2 saturated carbocycles. The molecule has 0 aromatic carbocycles. The molecule has 0 unspecified atom stereocenters. The van der Waals surface area contributed by atoms with Gasteiger partial charge in [0.1, 0.15) is 5.78 Å². The fourth-order valence-electron chi connectivity index (χ4n) is 4.49. The molecule has 0 aromatic rings. The number of hydrogen-bond acceptors (Lipinski definition) is 3. The highest BCUT2D eigenvalue weighted by Gasteiger charge is 2.64. The molecular formula is C16H22O3. The molecule has 0 saturated heterocycles. The normalized spacial score (nSPS) is 38.9. The average Bonchev–Trinajstić information content (AvgIpc) is 2.62. The summed E-state index contributed by atoms with van der Waals surface area (Å²) in [6.07, 6.45) is 5.42. The first-order valence-electron chi connectivity index (χ1n) is 7.30. The van der Waals surface area contributed by atoms with Gasteiger partial charge in [-0.1, -0.05) is 25.5 Å². The smallest absolute Gasteiger partial charge is 0.312 e. The van der Waals surface area contributed by atoms with Gasteiger partial charge < -0.3 is 4.74 Å². The van der Waals surface area contributed by atoms with Gasteiger partial charge in [-0.15, -0.1) is 0 Å². The summed E-state index contributed by atoms with van der Waals surface area (Å²) in [6.45, 7) is 6.72. The highest BCUT2D eigenvalue weighted by Crippen LogP contribution is 2.66. The van der Waals surface area contributed by atoms with Gasteiger partial charge in [0.15, 0.2) is 0 Å². The Morgan fingerprint density at radius 2 is 2.21 bits per heavy atom. The summed E-state index contributed by atoms with van der Waals surface area (Å²) in [5.74, 6) is 0.524. The Balaban J connectivity index is 1.93. The average molecular weight is 262 g/mol. The molecule has 3 nitrogen and oxygen atoms in total. The van der Waals surface area contributed by atoms with Gasteiger partial charge in [0.2, 0.25) is 0 Å². The lowest BCUT2D eigenvalue weighted by Crippen LogP contribution is -2.52. The van der Waals surface area contributed by atoms with Crippen LogP contribution in [0.1, 0.15) is 46.5 Å². The third-order valence-corrected chi connectivity index (χ3v) is 5.16. The van der Waals surface area contributed by atoms with Crippen molar-refractivity contribution in [1.82, 2.24) is 0 Å². The van der Waals surface area contributed by atoms with Crippen LogP contribution in [0, 0.1) is 22.7 Å². The minimum Gasteiger partial charge on any atom is -0.466 e. The van der Waals surface area contributed by atoms with Crippen molar-refractivity contribution < 1.29 is 14.3 Å². The van der Waals surface area contributed by atoms with E-state index in [4.69, 9.17) is 4.74 Å². The molecule has 3 rings (SSSR count). The minimum atomic E-state index is -0.202. The van der Waals surface area contributed by atoms with E-state index in [2.05, 4.69) is 19.9 Å². The second-order valence-corrected chi connectivity index (χ2v) is 7.10. The maximum atomic E-state index is 12.2. The quantitative estimate of drug-likeness (QED) is 0.567. The third kappa shape index (κ3) is 1.70. The van der Waals surface area contributed by atoms with E-state index < -0.39 is 0 Å². The lowest BCUT2D eigenvalue weighted by atomic mass is 9.51. The van der Waals surface area contributed by atoms with Crippen molar-refractivity contribution in [2.75, 3.05) is 6.61 Å². The summed E-state index contributed by atoms with van der Waals surface area (Å²) in [6, 6.07) is 0. The van der Waals surface area contributed by atoms with Crippen molar-refractivity contribution in [2.45, 2.75) is 46.5 Å². The highest BCUT2D eigenvalue weighted by atomic mass is 16.5. The zero-order valence-electron chi connectivity index (χ0n) is 12.0. The molecule has 3 aliphatic rings. The molecule has 0 aromatic heterocycles. The minimum absolute atomic E-state index is 0.118. The van der Waals surface area contributed by atoms with Crippen LogP contribution < -0.4 is 0 Å². The van der Waals surface area contributed by atoms with Crippen LogP contribution in [0.3, 0.4) is 0 Å². The monoisotopic (exact) mass is 262 g/mol. The molecule has 0 amide bonds. The maximum absolute atomic E-state index is 12.2.